The predicted octanol–water partition coefficient (Wildman–Crippen LogP) is 3.81. The van der Waals surface area contributed by atoms with E-state index in [0.717, 1.165) is 16.8 Å². The first-order valence-corrected chi connectivity index (χ1v) is 9.30. The molecule has 0 fully saturated rings. The highest BCUT2D eigenvalue weighted by Crippen LogP contribution is 2.36. The minimum atomic E-state index is -0.133. The van der Waals surface area contributed by atoms with Crippen LogP contribution in [0.3, 0.4) is 0 Å². The average molecular weight is 383 g/mol. The van der Waals surface area contributed by atoms with Gasteiger partial charge in [0.2, 0.25) is 18.6 Å². The Labute approximate surface area is 160 Å². The van der Waals surface area contributed by atoms with E-state index in [0.29, 0.717) is 22.6 Å². The quantitative estimate of drug-likeness (QED) is 0.670. The van der Waals surface area contributed by atoms with Crippen LogP contribution >= 0.6 is 11.8 Å². The largest absolute Gasteiger partial charge is 0.454 e. The van der Waals surface area contributed by atoms with Crippen molar-refractivity contribution in [3.05, 3.63) is 47.5 Å². The van der Waals surface area contributed by atoms with Crippen LogP contribution in [0.1, 0.15) is 11.1 Å². The second kappa shape index (κ2) is 7.32. The van der Waals surface area contributed by atoms with Crippen LogP contribution in [0.25, 0.3) is 11.5 Å². The first-order chi connectivity index (χ1) is 13.1. The number of nitrogens with zero attached hydrogens (tertiary/aromatic N) is 2. The fraction of sp³-hybridized carbons (Fsp3) is 0.211. The zero-order chi connectivity index (χ0) is 18.8. The van der Waals surface area contributed by atoms with Gasteiger partial charge in [0, 0.05) is 11.3 Å². The van der Waals surface area contributed by atoms with Crippen molar-refractivity contribution < 1.29 is 18.7 Å². The van der Waals surface area contributed by atoms with Crippen molar-refractivity contribution in [2.24, 2.45) is 0 Å². The van der Waals surface area contributed by atoms with Crippen molar-refractivity contribution in [1.29, 1.82) is 0 Å². The second-order valence-corrected chi connectivity index (χ2v) is 7.00. The van der Waals surface area contributed by atoms with Crippen LogP contribution in [0.5, 0.6) is 11.5 Å². The molecule has 0 radical (unpaired) electrons. The van der Waals surface area contributed by atoms with Crippen LogP contribution in [0.4, 0.5) is 5.69 Å². The number of aryl methyl sites for hydroxylation is 2. The maximum atomic E-state index is 12.1. The van der Waals surface area contributed by atoms with E-state index < -0.39 is 0 Å². The van der Waals surface area contributed by atoms with Gasteiger partial charge in [-0.25, -0.2) is 0 Å². The number of fused-ring (bicyclic) bond motifs is 1. The molecule has 1 amide bonds. The second-order valence-electron chi connectivity index (χ2n) is 6.08. The number of amides is 1. The molecule has 1 aliphatic rings. The molecule has 0 bridgehead atoms. The Balaban J connectivity index is 1.36. The number of anilines is 1. The standard InChI is InChI=1S/C19H17N3O4S/c1-11-3-5-14(7-12(11)2)20-17(23)9-27-19-22-21-18(26-19)13-4-6-15-16(8-13)25-10-24-15/h3-8H,9-10H2,1-2H3,(H,20,23). The lowest BCUT2D eigenvalue weighted by molar-refractivity contribution is -0.113. The molecule has 7 nitrogen and oxygen atoms in total. The van der Waals surface area contributed by atoms with Crippen molar-refractivity contribution in [2.45, 2.75) is 19.1 Å². The summed E-state index contributed by atoms with van der Waals surface area (Å²) in [4.78, 5) is 12.1. The monoisotopic (exact) mass is 383 g/mol. The van der Waals surface area contributed by atoms with Crippen LogP contribution in [-0.2, 0) is 4.79 Å². The normalized spacial score (nSPS) is 12.2. The van der Waals surface area contributed by atoms with Gasteiger partial charge in [-0.2, -0.15) is 0 Å². The number of ether oxygens (including phenoxy) is 2. The molecule has 3 aromatic rings. The molecule has 2 heterocycles. The number of carbonyl (C=O) groups is 1. The maximum absolute atomic E-state index is 12.1. The minimum Gasteiger partial charge on any atom is -0.454 e. The van der Waals surface area contributed by atoms with Crippen LogP contribution in [0, 0.1) is 13.8 Å². The Bertz CT molecular complexity index is 1000. The summed E-state index contributed by atoms with van der Waals surface area (Å²) < 4.78 is 16.3. The van der Waals surface area contributed by atoms with Gasteiger partial charge in [0.15, 0.2) is 11.5 Å². The number of rotatable bonds is 5. The van der Waals surface area contributed by atoms with Crippen LogP contribution in [0.15, 0.2) is 46.0 Å². The van der Waals surface area contributed by atoms with Crippen molar-refractivity contribution in [3.8, 4) is 23.0 Å². The van der Waals surface area contributed by atoms with Gasteiger partial charge in [-0.1, -0.05) is 17.8 Å². The molecule has 138 valence electrons. The van der Waals surface area contributed by atoms with E-state index in [1.165, 1.54) is 17.3 Å². The molecule has 1 aliphatic heterocycles. The zero-order valence-corrected chi connectivity index (χ0v) is 15.6. The van der Waals surface area contributed by atoms with E-state index >= 15 is 0 Å². The summed E-state index contributed by atoms with van der Waals surface area (Å²) >= 11 is 1.19. The molecule has 0 unspecified atom stereocenters. The lowest BCUT2D eigenvalue weighted by Crippen LogP contribution is -2.14. The maximum Gasteiger partial charge on any atom is 0.277 e. The van der Waals surface area contributed by atoms with Gasteiger partial charge in [-0.05, 0) is 55.3 Å². The molecule has 4 rings (SSSR count). The molecule has 1 N–H and O–H groups in total. The van der Waals surface area contributed by atoms with Gasteiger partial charge in [0.05, 0.1) is 5.75 Å². The molecule has 8 heteroatoms. The van der Waals surface area contributed by atoms with Crippen molar-refractivity contribution in [2.75, 3.05) is 17.9 Å². The SMILES string of the molecule is Cc1ccc(NC(=O)CSc2nnc(-c3ccc4c(c3)OCO4)o2)cc1C. The first-order valence-electron chi connectivity index (χ1n) is 8.32. The molecule has 2 aromatic carbocycles. The Kier molecular flexibility index (Phi) is 4.72. The summed E-state index contributed by atoms with van der Waals surface area (Å²) in [6, 6.07) is 11.2. The van der Waals surface area contributed by atoms with Gasteiger partial charge in [-0.15, -0.1) is 10.2 Å². The molecule has 0 saturated heterocycles. The van der Waals surface area contributed by atoms with E-state index in [4.69, 9.17) is 13.9 Å². The average Bonchev–Trinajstić information content (AvgIpc) is 3.31. The highest BCUT2D eigenvalue weighted by molar-refractivity contribution is 7.99. The van der Waals surface area contributed by atoms with E-state index in [2.05, 4.69) is 15.5 Å². The van der Waals surface area contributed by atoms with Gasteiger partial charge in [0.1, 0.15) is 0 Å². The zero-order valence-electron chi connectivity index (χ0n) is 14.8. The van der Waals surface area contributed by atoms with Gasteiger partial charge in [-0.3, -0.25) is 4.79 Å². The number of benzene rings is 2. The lowest BCUT2D eigenvalue weighted by atomic mass is 10.1. The third kappa shape index (κ3) is 3.90. The number of nitrogens with one attached hydrogen (secondary N) is 1. The number of hydrogen-bond acceptors (Lipinski definition) is 7. The summed E-state index contributed by atoms with van der Waals surface area (Å²) in [6.45, 7) is 4.25. The first kappa shape index (κ1) is 17.4. The van der Waals surface area contributed by atoms with Gasteiger partial charge in [0.25, 0.3) is 5.22 Å². The Hall–Kier alpha value is -3.00. The van der Waals surface area contributed by atoms with E-state index in [1.54, 1.807) is 12.1 Å². The Morgan fingerprint density at radius 3 is 2.78 bits per heavy atom. The lowest BCUT2D eigenvalue weighted by Gasteiger charge is -2.06. The Morgan fingerprint density at radius 1 is 1.07 bits per heavy atom. The number of thioether (sulfide) groups is 1. The number of aromatic nitrogens is 2. The molecule has 0 saturated carbocycles. The third-order valence-electron chi connectivity index (χ3n) is 4.14. The van der Waals surface area contributed by atoms with Crippen molar-refractivity contribution in [1.82, 2.24) is 10.2 Å². The molecule has 0 aliphatic carbocycles. The van der Waals surface area contributed by atoms with Crippen LogP contribution in [0.2, 0.25) is 0 Å². The third-order valence-corrected chi connectivity index (χ3v) is 4.96. The van der Waals surface area contributed by atoms with E-state index in [9.17, 15) is 4.79 Å². The van der Waals surface area contributed by atoms with Crippen LogP contribution in [-0.4, -0.2) is 28.7 Å². The fourth-order valence-electron chi connectivity index (χ4n) is 2.56. The summed E-state index contributed by atoms with van der Waals surface area (Å²) in [5, 5.41) is 11.2. The molecular weight excluding hydrogens is 366 g/mol. The van der Waals surface area contributed by atoms with Gasteiger partial charge >= 0.3 is 0 Å². The molecule has 27 heavy (non-hydrogen) atoms. The number of hydrogen-bond donors (Lipinski definition) is 1. The topological polar surface area (TPSA) is 86.5 Å². The summed E-state index contributed by atoms with van der Waals surface area (Å²) in [5.41, 5.74) is 3.82. The summed E-state index contributed by atoms with van der Waals surface area (Å²) in [5.74, 6) is 1.75. The number of carbonyl (C=O) groups excluding carboxylic acids is 1. The molecule has 0 spiro atoms. The predicted molar refractivity (Wildman–Crippen MR) is 101 cm³/mol. The smallest absolute Gasteiger partial charge is 0.277 e. The Morgan fingerprint density at radius 2 is 1.93 bits per heavy atom. The van der Waals surface area contributed by atoms with Crippen molar-refractivity contribution in [3.63, 3.8) is 0 Å². The fourth-order valence-corrected chi connectivity index (χ4v) is 3.12. The summed E-state index contributed by atoms with van der Waals surface area (Å²) in [6.07, 6.45) is 0. The van der Waals surface area contributed by atoms with Gasteiger partial charge < -0.3 is 19.2 Å². The van der Waals surface area contributed by atoms with E-state index in [1.807, 2.05) is 38.1 Å². The highest BCUT2D eigenvalue weighted by atomic mass is 32.2. The van der Waals surface area contributed by atoms with Crippen molar-refractivity contribution >= 4 is 23.4 Å². The molecule has 1 aromatic heterocycles. The highest BCUT2D eigenvalue weighted by Gasteiger charge is 2.17. The molecular formula is C19H17N3O4S. The summed E-state index contributed by atoms with van der Waals surface area (Å²) in [7, 11) is 0. The van der Waals surface area contributed by atoms with E-state index in [-0.39, 0.29) is 18.5 Å². The minimum absolute atomic E-state index is 0.133. The van der Waals surface area contributed by atoms with Crippen LogP contribution < -0.4 is 14.8 Å². The molecule has 0 atom stereocenters.